The quantitative estimate of drug-likeness (QED) is 0.377. The Kier molecular flexibility index (Phi) is 5.64. The average molecular weight is 472 g/mol. The summed E-state index contributed by atoms with van der Waals surface area (Å²) < 4.78 is 32.9. The Labute approximate surface area is 200 Å². The number of carbonyl (C=O) groups is 1. The van der Waals surface area contributed by atoms with Crippen molar-refractivity contribution >= 4 is 17.3 Å². The topological polar surface area (TPSA) is 71.3 Å². The summed E-state index contributed by atoms with van der Waals surface area (Å²) in [5.41, 5.74) is 5.14. The highest BCUT2D eigenvalue weighted by atomic mass is 19.1. The summed E-state index contributed by atoms with van der Waals surface area (Å²) in [4.78, 5) is 19.2. The lowest BCUT2D eigenvalue weighted by Gasteiger charge is -2.35. The van der Waals surface area contributed by atoms with Crippen LogP contribution in [0.3, 0.4) is 0 Å². The molecule has 2 amide bonds. The molecule has 176 valence electrons. The molecular weight excluding hydrogens is 450 g/mol. The summed E-state index contributed by atoms with van der Waals surface area (Å²) in [7, 11) is 0. The first kappa shape index (κ1) is 22.5. The van der Waals surface area contributed by atoms with Crippen molar-refractivity contribution in [3.63, 3.8) is 0 Å². The van der Waals surface area contributed by atoms with Gasteiger partial charge in [0, 0.05) is 11.3 Å². The van der Waals surface area contributed by atoms with Gasteiger partial charge in [0.25, 0.3) is 5.89 Å². The van der Waals surface area contributed by atoms with Crippen LogP contribution >= 0.6 is 0 Å². The van der Waals surface area contributed by atoms with Crippen LogP contribution in [0.4, 0.5) is 19.3 Å². The third kappa shape index (κ3) is 4.19. The number of amides is 2. The largest absolute Gasteiger partial charge is 0.334 e. The van der Waals surface area contributed by atoms with Gasteiger partial charge in [-0.15, -0.1) is 0 Å². The molecule has 3 aromatic carbocycles. The number of carbonyl (C=O) groups excluding carboxylic acids is 1. The van der Waals surface area contributed by atoms with Crippen molar-refractivity contribution in [3.8, 4) is 11.4 Å². The second-order valence-corrected chi connectivity index (χ2v) is 8.47. The zero-order chi connectivity index (χ0) is 24.7. The molecule has 0 spiro atoms. The average Bonchev–Trinajstić information content (AvgIpc) is 3.31. The maximum absolute atomic E-state index is 13.8. The Morgan fingerprint density at radius 1 is 0.914 bits per heavy atom. The summed E-state index contributed by atoms with van der Waals surface area (Å²) in [6.07, 6.45) is 0. The van der Waals surface area contributed by atoms with E-state index in [0.717, 1.165) is 16.7 Å². The van der Waals surface area contributed by atoms with Gasteiger partial charge in [-0.1, -0.05) is 35.5 Å². The Hall–Kier alpha value is -4.33. The van der Waals surface area contributed by atoms with Gasteiger partial charge in [0.1, 0.15) is 11.6 Å². The zero-order valence-electron chi connectivity index (χ0n) is 19.3. The first-order chi connectivity index (χ1) is 16.8. The molecule has 6 nitrogen and oxygen atoms in total. The molecule has 0 radical (unpaired) electrons. The number of anilines is 1. The van der Waals surface area contributed by atoms with Crippen molar-refractivity contribution in [3.05, 3.63) is 107 Å². The summed E-state index contributed by atoms with van der Waals surface area (Å²) >= 11 is 0. The highest BCUT2D eigenvalue weighted by Gasteiger charge is 2.36. The van der Waals surface area contributed by atoms with Gasteiger partial charge in [-0.2, -0.15) is 4.98 Å². The number of hydrogen-bond donors (Lipinski definition) is 1. The van der Waals surface area contributed by atoms with Crippen molar-refractivity contribution < 1.29 is 18.1 Å². The minimum absolute atomic E-state index is 0.192. The van der Waals surface area contributed by atoms with Crippen molar-refractivity contribution in [2.24, 2.45) is 0 Å². The Bertz CT molecular complexity index is 1460. The predicted octanol–water partition coefficient (Wildman–Crippen LogP) is 6.33. The number of halogens is 2. The monoisotopic (exact) mass is 472 g/mol. The number of benzene rings is 3. The van der Waals surface area contributed by atoms with Gasteiger partial charge in [0.2, 0.25) is 5.82 Å². The normalized spacial score (nSPS) is 16.0. The molecule has 1 aliphatic rings. The third-order valence-electron chi connectivity index (χ3n) is 6.17. The van der Waals surface area contributed by atoms with Gasteiger partial charge >= 0.3 is 6.03 Å². The van der Waals surface area contributed by atoms with Crippen LogP contribution in [0, 0.1) is 25.5 Å². The first-order valence-corrected chi connectivity index (χ1v) is 11.1. The van der Waals surface area contributed by atoms with Crippen molar-refractivity contribution in [2.45, 2.75) is 26.8 Å². The van der Waals surface area contributed by atoms with E-state index < -0.39 is 17.7 Å². The number of rotatable bonds is 4. The molecular formula is C27H22F2N4O2. The number of urea groups is 1. The van der Waals surface area contributed by atoms with Gasteiger partial charge in [-0.3, -0.25) is 4.90 Å². The molecule has 0 aliphatic carbocycles. The van der Waals surface area contributed by atoms with E-state index in [1.54, 1.807) is 19.1 Å². The van der Waals surface area contributed by atoms with Gasteiger partial charge < -0.3 is 9.84 Å². The van der Waals surface area contributed by atoms with Crippen molar-refractivity contribution in [1.82, 2.24) is 15.5 Å². The van der Waals surface area contributed by atoms with Crippen LogP contribution in [0.1, 0.15) is 35.5 Å². The fourth-order valence-corrected chi connectivity index (χ4v) is 4.19. The van der Waals surface area contributed by atoms with Gasteiger partial charge in [-0.25, -0.2) is 13.6 Å². The van der Waals surface area contributed by atoms with Crippen LogP contribution in [0.25, 0.3) is 17.0 Å². The standard InChI is InChI=1S/C27H22F2N4O2/c1-15-7-8-18(13-16(15)2)24-23(26-31-25(32-35-26)19-5-4-6-21(29)14-19)17(3)33(27(34)30-24)22-11-9-20(28)10-12-22/h4-14,24H,1-3H3,(H,30,34). The van der Waals surface area contributed by atoms with Crippen molar-refractivity contribution in [1.29, 1.82) is 0 Å². The molecule has 0 saturated carbocycles. The molecule has 0 fully saturated rings. The molecule has 1 atom stereocenters. The second kappa shape index (κ2) is 8.79. The molecule has 4 aromatic rings. The smallest absolute Gasteiger partial charge is 0.326 e. The van der Waals surface area contributed by atoms with E-state index in [4.69, 9.17) is 4.52 Å². The molecule has 1 aromatic heterocycles. The van der Waals surface area contributed by atoms with Crippen LogP contribution in [-0.2, 0) is 0 Å². The van der Waals surface area contributed by atoms with E-state index in [9.17, 15) is 13.6 Å². The maximum Gasteiger partial charge on any atom is 0.326 e. The van der Waals surface area contributed by atoms with Crippen LogP contribution in [0.5, 0.6) is 0 Å². The Morgan fingerprint density at radius 2 is 1.69 bits per heavy atom. The Balaban J connectivity index is 1.67. The van der Waals surface area contributed by atoms with Crippen LogP contribution in [-0.4, -0.2) is 16.2 Å². The molecule has 1 aliphatic heterocycles. The number of allylic oxidation sites excluding steroid dienone is 1. The molecule has 1 unspecified atom stereocenters. The van der Waals surface area contributed by atoms with Gasteiger partial charge in [0.15, 0.2) is 0 Å². The number of aryl methyl sites for hydroxylation is 2. The lowest BCUT2D eigenvalue weighted by atomic mass is 9.92. The second-order valence-electron chi connectivity index (χ2n) is 8.47. The fraction of sp³-hybridized carbons (Fsp3) is 0.148. The molecule has 35 heavy (non-hydrogen) atoms. The van der Waals surface area contributed by atoms with Gasteiger partial charge in [0.05, 0.1) is 17.3 Å². The highest BCUT2D eigenvalue weighted by molar-refractivity contribution is 6.01. The molecule has 8 heteroatoms. The summed E-state index contributed by atoms with van der Waals surface area (Å²) in [5, 5.41) is 7.08. The molecule has 1 N–H and O–H groups in total. The molecule has 5 rings (SSSR count). The van der Waals surface area contributed by atoms with E-state index >= 15 is 0 Å². The minimum Gasteiger partial charge on any atom is -0.334 e. The third-order valence-corrected chi connectivity index (χ3v) is 6.17. The Morgan fingerprint density at radius 3 is 2.40 bits per heavy atom. The highest BCUT2D eigenvalue weighted by Crippen LogP contribution is 2.39. The number of nitrogens with zero attached hydrogens (tertiary/aromatic N) is 3. The van der Waals surface area contributed by atoms with Crippen LogP contribution in [0.2, 0.25) is 0 Å². The summed E-state index contributed by atoms with van der Waals surface area (Å²) in [6.45, 7) is 5.79. The summed E-state index contributed by atoms with van der Waals surface area (Å²) in [6, 6.07) is 16.5. The van der Waals surface area contributed by atoms with E-state index in [2.05, 4.69) is 15.5 Å². The summed E-state index contributed by atoms with van der Waals surface area (Å²) in [5.74, 6) is -0.400. The molecule has 0 bridgehead atoms. The number of hydrogen-bond acceptors (Lipinski definition) is 4. The minimum atomic E-state index is -0.570. The van der Waals surface area contributed by atoms with Crippen molar-refractivity contribution in [2.75, 3.05) is 4.90 Å². The first-order valence-electron chi connectivity index (χ1n) is 11.1. The number of nitrogens with one attached hydrogen (secondary N) is 1. The molecule has 2 heterocycles. The lowest BCUT2D eigenvalue weighted by Crippen LogP contribution is -2.46. The van der Waals surface area contributed by atoms with Gasteiger partial charge in [-0.05, 0) is 73.9 Å². The predicted molar refractivity (Wildman–Crippen MR) is 128 cm³/mol. The molecule has 0 saturated heterocycles. The lowest BCUT2D eigenvalue weighted by molar-refractivity contribution is 0.244. The van der Waals surface area contributed by atoms with E-state index in [0.29, 0.717) is 22.5 Å². The van der Waals surface area contributed by atoms with Crippen LogP contribution in [0.15, 0.2) is 77.0 Å². The van der Waals surface area contributed by atoms with Crippen LogP contribution < -0.4 is 10.2 Å². The zero-order valence-corrected chi connectivity index (χ0v) is 19.3. The maximum atomic E-state index is 13.8. The number of aromatic nitrogens is 2. The fourth-order valence-electron chi connectivity index (χ4n) is 4.19. The van der Waals surface area contributed by atoms with E-state index in [1.807, 2.05) is 32.0 Å². The van der Waals surface area contributed by atoms with E-state index in [1.165, 1.54) is 41.3 Å². The SMILES string of the molecule is CC1=C(c2nc(-c3cccc(F)c3)no2)C(c2ccc(C)c(C)c2)NC(=O)N1c1ccc(F)cc1. The van der Waals surface area contributed by atoms with E-state index in [-0.39, 0.29) is 17.7 Å².